The van der Waals surface area contributed by atoms with Crippen molar-refractivity contribution in [3.8, 4) is 0 Å². The zero-order chi connectivity index (χ0) is 19.4. The van der Waals surface area contributed by atoms with Gasteiger partial charge in [-0.25, -0.2) is 8.42 Å². The summed E-state index contributed by atoms with van der Waals surface area (Å²) in [6.45, 7) is 6.41. The quantitative estimate of drug-likeness (QED) is 0.769. The summed E-state index contributed by atoms with van der Waals surface area (Å²) >= 11 is 0. The maximum atomic E-state index is 12.7. The average molecular weight is 395 g/mol. The van der Waals surface area contributed by atoms with Gasteiger partial charge in [-0.3, -0.25) is 4.79 Å². The largest absolute Gasteiger partial charge is 0.375 e. The van der Waals surface area contributed by atoms with Crippen molar-refractivity contribution in [3.63, 3.8) is 0 Å². The van der Waals surface area contributed by atoms with Crippen LogP contribution in [-0.2, 0) is 26.0 Å². The normalized spacial score (nSPS) is 24.7. The van der Waals surface area contributed by atoms with Gasteiger partial charge in [0.1, 0.15) is 0 Å². The first-order chi connectivity index (χ1) is 12.9. The molecule has 0 saturated carbocycles. The van der Waals surface area contributed by atoms with E-state index < -0.39 is 10.0 Å². The Morgan fingerprint density at radius 3 is 2.44 bits per heavy atom. The highest BCUT2D eigenvalue weighted by Crippen LogP contribution is 2.21. The summed E-state index contributed by atoms with van der Waals surface area (Å²) < 4.78 is 32.5. The molecule has 0 N–H and O–H groups in total. The minimum Gasteiger partial charge on any atom is -0.375 e. The molecule has 7 heteroatoms. The van der Waals surface area contributed by atoms with E-state index in [2.05, 4.69) is 0 Å². The molecule has 2 unspecified atom stereocenters. The Morgan fingerprint density at radius 2 is 1.78 bits per heavy atom. The van der Waals surface area contributed by atoms with Crippen LogP contribution in [-0.4, -0.2) is 61.9 Å². The molecule has 0 bridgehead atoms. The van der Waals surface area contributed by atoms with Crippen LogP contribution in [0, 0.1) is 0 Å². The first-order valence-corrected chi connectivity index (χ1v) is 11.3. The molecule has 2 fully saturated rings. The van der Waals surface area contributed by atoms with Gasteiger partial charge in [0.2, 0.25) is 15.9 Å². The van der Waals surface area contributed by atoms with Crippen LogP contribution in [0.5, 0.6) is 0 Å². The molecule has 2 aliphatic rings. The molecular weight excluding hydrogens is 364 g/mol. The number of nitrogens with zero attached hydrogens (tertiary/aromatic N) is 2. The van der Waals surface area contributed by atoms with Crippen molar-refractivity contribution in [2.24, 2.45) is 0 Å². The zero-order valence-corrected chi connectivity index (χ0v) is 17.1. The second-order valence-electron chi connectivity index (χ2n) is 7.65. The topological polar surface area (TPSA) is 66.9 Å². The molecule has 2 atom stereocenters. The Labute approximate surface area is 162 Å². The van der Waals surface area contributed by atoms with Crippen LogP contribution < -0.4 is 0 Å². The van der Waals surface area contributed by atoms with Crippen molar-refractivity contribution in [2.45, 2.75) is 63.0 Å². The number of carbonyl (C=O) groups excluding carboxylic acids is 1. The standard InChI is InChI=1S/C20H30N2O4S/c1-16-15-26-17(2)14-22(16)20(23)11-8-18-6-9-19(10-7-18)27(24,25)21-12-4-3-5-13-21/h6-7,9-10,16-17H,3-5,8,11-15H2,1-2H3. The summed E-state index contributed by atoms with van der Waals surface area (Å²) in [5, 5.41) is 0. The summed E-state index contributed by atoms with van der Waals surface area (Å²) in [7, 11) is -3.40. The lowest BCUT2D eigenvalue weighted by Crippen LogP contribution is -2.50. The van der Waals surface area contributed by atoms with Gasteiger partial charge in [-0.05, 0) is 50.8 Å². The smallest absolute Gasteiger partial charge is 0.243 e. The Kier molecular flexibility index (Phi) is 6.55. The third-order valence-corrected chi connectivity index (χ3v) is 7.34. The van der Waals surface area contributed by atoms with Gasteiger partial charge in [-0.2, -0.15) is 4.31 Å². The fourth-order valence-corrected chi connectivity index (χ4v) is 5.25. The molecular formula is C20H30N2O4S. The molecule has 0 radical (unpaired) electrons. The molecule has 1 amide bonds. The minimum atomic E-state index is -3.40. The van der Waals surface area contributed by atoms with Crippen molar-refractivity contribution < 1.29 is 17.9 Å². The van der Waals surface area contributed by atoms with Crippen molar-refractivity contribution in [1.29, 1.82) is 0 Å². The molecule has 3 rings (SSSR count). The van der Waals surface area contributed by atoms with Gasteiger partial charge in [0, 0.05) is 26.1 Å². The predicted molar refractivity (Wildman–Crippen MR) is 104 cm³/mol. The Morgan fingerprint density at radius 1 is 1.11 bits per heavy atom. The summed E-state index contributed by atoms with van der Waals surface area (Å²) in [6.07, 6.45) is 4.07. The highest BCUT2D eigenvalue weighted by atomic mass is 32.2. The van der Waals surface area contributed by atoms with Crippen molar-refractivity contribution in [2.75, 3.05) is 26.2 Å². The highest BCUT2D eigenvalue weighted by Gasteiger charge is 2.28. The molecule has 1 aromatic rings. The van der Waals surface area contributed by atoms with E-state index in [1.807, 2.05) is 30.9 Å². The Hall–Kier alpha value is -1.44. The average Bonchev–Trinajstić information content (AvgIpc) is 2.69. The summed E-state index contributed by atoms with van der Waals surface area (Å²) in [6, 6.07) is 7.10. The van der Waals surface area contributed by atoms with Crippen molar-refractivity contribution >= 4 is 15.9 Å². The van der Waals surface area contributed by atoms with E-state index in [1.54, 1.807) is 16.4 Å². The zero-order valence-electron chi connectivity index (χ0n) is 16.3. The summed E-state index contributed by atoms with van der Waals surface area (Å²) in [5.74, 6) is 0.127. The monoisotopic (exact) mass is 394 g/mol. The minimum absolute atomic E-state index is 0.0735. The number of hydrogen-bond acceptors (Lipinski definition) is 4. The molecule has 2 heterocycles. The first kappa shape index (κ1) is 20.3. The molecule has 0 spiro atoms. The Bertz CT molecular complexity index is 742. The van der Waals surface area contributed by atoms with E-state index in [1.165, 1.54) is 0 Å². The molecule has 2 aliphatic heterocycles. The Balaban J connectivity index is 1.58. The van der Waals surface area contributed by atoms with Crippen LogP contribution in [0.25, 0.3) is 0 Å². The van der Waals surface area contributed by atoms with E-state index >= 15 is 0 Å². The highest BCUT2D eigenvalue weighted by molar-refractivity contribution is 7.89. The maximum absolute atomic E-state index is 12.7. The third kappa shape index (κ3) is 4.89. The predicted octanol–water partition coefficient (Wildman–Crippen LogP) is 2.43. The number of piperidine rings is 1. The van der Waals surface area contributed by atoms with Crippen molar-refractivity contribution in [1.82, 2.24) is 9.21 Å². The van der Waals surface area contributed by atoms with Gasteiger partial charge in [0.05, 0.1) is 23.6 Å². The lowest BCUT2D eigenvalue weighted by atomic mass is 10.1. The molecule has 0 aromatic heterocycles. The second-order valence-corrected chi connectivity index (χ2v) is 9.59. The number of sulfonamides is 1. The molecule has 1 aromatic carbocycles. The number of benzene rings is 1. The van der Waals surface area contributed by atoms with E-state index in [0.29, 0.717) is 44.0 Å². The SMILES string of the molecule is CC1CN(C(=O)CCc2ccc(S(=O)(=O)N3CCCCC3)cc2)C(C)CO1. The van der Waals surface area contributed by atoms with Gasteiger partial charge in [-0.1, -0.05) is 18.6 Å². The van der Waals surface area contributed by atoms with E-state index in [-0.39, 0.29) is 18.1 Å². The molecule has 27 heavy (non-hydrogen) atoms. The molecule has 0 aliphatic carbocycles. The number of carbonyl (C=O) groups is 1. The van der Waals surface area contributed by atoms with Crippen LogP contribution in [0.15, 0.2) is 29.2 Å². The van der Waals surface area contributed by atoms with E-state index in [0.717, 1.165) is 24.8 Å². The summed E-state index contributed by atoms with van der Waals surface area (Å²) in [4.78, 5) is 14.8. The molecule has 150 valence electrons. The fourth-order valence-electron chi connectivity index (χ4n) is 3.73. The summed E-state index contributed by atoms with van der Waals surface area (Å²) in [5.41, 5.74) is 0.981. The number of morpholine rings is 1. The third-order valence-electron chi connectivity index (χ3n) is 5.43. The van der Waals surface area contributed by atoms with Crippen LogP contribution in [0.1, 0.15) is 45.1 Å². The lowest BCUT2D eigenvalue weighted by Gasteiger charge is -2.37. The van der Waals surface area contributed by atoms with Crippen LogP contribution in [0.2, 0.25) is 0 Å². The van der Waals surface area contributed by atoms with Gasteiger partial charge in [-0.15, -0.1) is 0 Å². The van der Waals surface area contributed by atoms with Crippen LogP contribution in [0.4, 0.5) is 0 Å². The molecule has 2 saturated heterocycles. The van der Waals surface area contributed by atoms with E-state index in [9.17, 15) is 13.2 Å². The number of aryl methyl sites for hydroxylation is 1. The number of amides is 1. The lowest BCUT2D eigenvalue weighted by molar-refractivity contribution is -0.143. The number of rotatable bonds is 5. The first-order valence-electron chi connectivity index (χ1n) is 9.88. The second kappa shape index (κ2) is 8.71. The molecule has 6 nitrogen and oxygen atoms in total. The van der Waals surface area contributed by atoms with Gasteiger partial charge in [0.25, 0.3) is 0 Å². The maximum Gasteiger partial charge on any atom is 0.243 e. The van der Waals surface area contributed by atoms with E-state index in [4.69, 9.17) is 4.74 Å². The van der Waals surface area contributed by atoms with Gasteiger partial charge < -0.3 is 9.64 Å². The number of hydrogen-bond donors (Lipinski definition) is 0. The van der Waals surface area contributed by atoms with Crippen LogP contribution in [0.3, 0.4) is 0 Å². The van der Waals surface area contributed by atoms with Crippen LogP contribution >= 0.6 is 0 Å². The van der Waals surface area contributed by atoms with Gasteiger partial charge >= 0.3 is 0 Å². The van der Waals surface area contributed by atoms with Crippen molar-refractivity contribution in [3.05, 3.63) is 29.8 Å². The van der Waals surface area contributed by atoms with Gasteiger partial charge in [0.15, 0.2) is 0 Å². The number of ether oxygens (including phenoxy) is 1. The fraction of sp³-hybridized carbons (Fsp3) is 0.650.